The Balaban J connectivity index is 2.13. The molecule has 232 valence electrons. The highest BCUT2D eigenvalue weighted by molar-refractivity contribution is 7.92. The number of nitrogens with zero attached hydrogens (tertiary/aromatic N) is 2. The molecule has 0 saturated carbocycles. The van der Waals surface area contributed by atoms with Crippen molar-refractivity contribution >= 4 is 39.1 Å². The average Bonchev–Trinajstić information content (AvgIpc) is 2.95. The third-order valence-electron chi connectivity index (χ3n) is 6.49. The van der Waals surface area contributed by atoms with Crippen molar-refractivity contribution in [3.63, 3.8) is 0 Å². The molecular weight excluding hydrogens is 610 g/mol. The van der Waals surface area contributed by atoms with Crippen molar-refractivity contribution in [3.05, 3.63) is 94.8 Å². The number of rotatable bonds is 12. The fourth-order valence-electron chi connectivity index (χ4n) is 4.24. The van der Waals surface area contributed by atoms with E-state index in [9.17, 15) is 35.6 Å². The van der Waals surface area contributed by atoms with Crippen LogP contribution in [-0.2, 0) is 32.3 Å². The van der Waals surface area contributed by atoms with E-state index in [0.29, 0.717) is 28.5 Å². The molecule has 3 rings (SSSR count). The van der Waals surface area contributed by atoms with Crippen LogP contribution in [0.2, 0.25) is 5.02 Å². The molecule has 1 N–H and O–H groups in total. The lowest BCUT2D eigenvalue weighted by molar-refractivity contribution is -0.140. The summed E-state index contributed by atoms with van der Waals surface area (Å²) in [5.74, 6) is -1.81. The first-order valence-corrected chi connectivity index (χ1v) is 15.2. The lowest BCUT2D eigenvalue weighted by Crippen LogP contribution is -2.52. The summed E-state index contributed by atoms with van der Waals surface area (Å²) in [6, 6.07) is 13.1. The van der Waals surface area contributed by atoms with Crippen molar-refractivity contribution in [2.75, 3.05) is 17.4 Å². The summed E-state index contributed by atoms with van der Waals surface area (Å²) in [6.07, 6.45) is -4.70. The zero-order chi connectivity index (χ0) is 31.9. The Labute approximate surface area is 253 Å². The molecule has 0 radical (unpaired) electrons. The van der Waals surface area contributed by atoms with Crippen molar-refractivity contribution in [3.8, 4) is 0 Å². The van der Waals surface area contributed by atoms with Crippen molar-refractivity contribution in [2.45, 2.75) is 50.9 Å². The van der Waals surface area contributed by atoms with E-state index in [4.69, 9.17) is 11.6 Å². The second-order valence-electron chi connectivity index (χ2n) is 10.2. The zero-order valence-electron chi connectivity index (χ0n) is 23.7. The quantitative estimate of drug-likeness (QED) is 0.236. The van der Waals surface area contributed by atoms with Gasteiger partial charge in [0.1, 0.15) is 18.4 Å². The topological polar surface area (TPSA) is 86.8 Å². The zero-order valence-corrected chi connectivity index (χ0v) is 25.3. The number of anilines is 1. The Bertz CT molecular complexity index is 1520. The highest BCUT2D eigenvalue weighted by Crippen LogP contribution is 2.37. The minimum atomic E-state index is -4.83. The normalized spacial score (nSPS) is 12.6. The van der Waals surface area contributed by atoms with Crippen LogP contribution in [0.1, 0.15) is 38.3 Å². The van der Waals surface area contributed by atoms with Crippen LogP contribution >= 0.6 is 11.6 Å². The third-order valence-corrected chi connectivity index (χ3v) is 8.58. The maximum Gasteiger partial charge on any atom is 0.416 e. The molecule has 0 heterocycles. The van der Waals surface area contributed by atoms with Gasteiger partial charge in [-0.25, -0.2) is 12.8 Å². The number of hydrogen-bond acceptors (Lipinski definition) is 4. The molecule has 2 amide bonds. The molecule has 0 aromatic heterocycles. The van der Waals surface area contributed by atoms with Gasteiger partial charge in [0.25, 0.3) is 10.0 Å². The standard InChI is InChI=1S/C30H32ClF4N3O4S/c1-4-26(29(40)36-17-20(2)3)37(18-21-10-13-23(32)14-11-21)28(39)19-38(43(41,42)24-8-6-5-7-9-24)27-16-22(30(33,34)35)12-15-25(27)31/h5-16,20,26H,4,17-19H2,1-3H3,(H,36,40). The fourth-order valence-corrected chi connectivity index (χ4v) is 5.96. The lowest BCUT2D eigenvalue weighted by Gasteiger charge is -2.33. The number of alkyl halides is 3. The van der Waals surface area contributed by atoms with Gasteiger partial charge in [-0.2, -0.15) is 13.2 Å². The van der Waals surface area contributed by atoms with Crippen LogP contribution in [0.15, 0.2) is 77.7 Å². The van der Waals surface area contributed by atoms with Crippen molar-refractivity contribution < 1.29 is 35.6 Å². The smallest absolute Gasteiger partial charge is 0.354 e. The lowest BCUT2D eigenvalue weighted by atomic mass is 10.1. The van der Waals surface area contributed by atoms with Gasteiger partial charge in [-0.1, -0.05) is 62.7 Å². The first kappa shape index (κ1) is 33.9. The van der Waals surface area contributed by atoms with Gasteiger partial charge in [-0.3, -0.25) is 13.9 Å². The van der Waals surface area contributed by atoms with Crippen molar-refractivity contribution in [2.24, 2.45) is 5.92 Å². The van der Waals surface area contributed by atoms with Gasteiger partial charge in [0, 0.05) is 13.1 Å². The number of sulfonamides is 1. The molecule has 13 heteroatoms. The van der Waals surface area contributed by atoms with Gasteiger partial charge in [-0.15, -0.1) is 0 Å². The molecule has 1 atom stereocenters. The maximum atomic E-state index is 14.0. The highest BCUT2D eigenvalue weighted by atomic mass is 35.5. The predicted octanol–water partition coefficient (Wildman–Crippen LogP) is 6.27. The van der Waals surface area contributed by atoms with Gasteiger partial charge in [0.15, 0.2) is 0 Å². The SMILES string of the molecule is CCC(C(=O)NCC(C)C)N(Cc1ccc(F)cc1)C(=O)CN(c1cc(C(F)(F)F)ccc1Cl)S(=O)(=O)c1ccccc1. The summed E-state index contributed by atoms with van der Waals surface area (Å²) in [5.41, 5.74) is -1.29. The molecule has 1 unspecified atom stereocenters. The molecule has 0 spiro atoms. The molecule has 0 fully saturated rings. The highest BCUT2D eigenvalue weighted by Gasteiger charge is 2.37. The average molecular weight is 642 g/mol. The second kappa shape index (κ2) is 14.2. The predicted molar refractivity (Wildman–Crippen MR) is 156 cm³/mol. The van der Waals surface area contributed by atoms with E-state index in [1.54, 1.807) is 13.0 Å². The van der Waals surface area contributed by atoms with Crippen LogP contribution in [0.5, 0.6) is 0 Å². The number of carbonyl (C=O) groups excluding carboxylic acids is 2. The Morgan fingerprint density at radius 2 is 1.60 bits per heavy atom. The Hall–Kier alpha value is -3.64. The van der Waals surface area contributed by atoms with Crippen LogP contribution in [0.25, 0.3) is 0 Å². The van der Waals surface area contributed by atoms with E-state index in [0.717, 1.165) is 11.0 Å². The van der Waals surface area contributed by atoms with Gasteiger partial charge < -0.3 is 10.2 Å². The second-order valence-corrected chi connectivity index (χ2v) is 12.5. The molecule has 3 aromatic rings. The van der Waals surface area contributed by atoms with E-state index in [2.05, 4.69) is 5.32 Å². The van der Waals surface area contributed by atoms with Crippen LogP contribution < -0.4 is 9.62 Å². The van der Waals surface area contributed by atoms with Crippen LogP contribution in [-0.4, -0.2) is 44.3 Å². The van der Waals surface area contributed by atoms with Crippen LogP contribution in [0.4, 0.5) is 23.2 Å². The summed E-state index contributed by atoms with van der Waals surface area (Å²) < 4.78 is 82.8. The van der Waals surface area contributed by atoms with E-state index in [-0.39, 0.29) is 28.8 Å². The number of halogens is 5. The van der Waals surface area contributed by atoms with E-state index in [1.807, 2.05) is 13.8 Å². The van der Waals surface area contributed by atoms with Crippen molar-refractivity contribution in [1.82, 2.24) is 10.2 Å². The van der Waals surface area contributed by atoms with Crippen molar-refractivity contribution in [1.29, 1.82) is 0 Å². The molecule has 0 aliphatic carbocycles. The van der Waals surface area contributed by atoms with Gasteiger partial charge in [0.2, 0.25) is 11.8 Å². The van der Waals surface area contributed by atoms with Gasteiger partial charge in [-0.05, 0) is 60.4 Å². The summed E-state index contributed by atoms with van der Waals surface area (Å²) in [4.78, 5) is 28.1. The number of amides is 2. The maximum absolute atomic E-state index is 14.0. The molecular formula is C30H32ClF4N3O4S. The fraction of sp³-hybridized carbons (Fsp3) is 0.333. The molecule has 0 bridgehead atoms. The number of hydrogen-bond donors (Lipinski definition) is 1. The molecule has 0 aliphatic heterocycles. The Morgan fingerprint density at radius 3 is 2.16 bits per heavy atom. The number of benzene rings is 3. The summed E-state index contributed by atoms with van der Waals surface area (Å²) in [5, 5.41) is 2.43. The molecule has 43 heavy (non-hydrogen) atoms. The Kier molecular flexibility index (Phi) is 11.2. The summed E-state index contributed by atoms with van der Waals surface area (Å²) in [7, 11) is -4.64. The van der Waals surface area contributed by atoms with Crippen LogP contribution in [0.3, 0.4) is 0 Å². The van der Waals surface area contributed by atoms with E-state index in [1.165, 1.54) is 48.5 Å². The van der Waals surface area contributed by atoms with Crippen LogP contribution in [0, 0.1) is 11.7 Å². The molecule has 0 saturated heterocycles. The first-order valence-electron chi connectivity index (χ1n) is 13.4. The summed E-state index contributed by atoms with van der Waals surface area (Å²) in [6.45, 7) is 4.55. The first-order chi connectivity index (χ1) is 20.1. The minimum Gasteiger partial charge on any atom is -0.354 e. The van der Waals surface area contributed by atoms with E-state index >= 15 is 0 Å². The van der Waals surface area contributed by atoms with E-state index < -0.39 is 57.7 Å². The number of nitrogens with one attached hydrogen (secondary N) is 1. The number of carbonyl (C=O) groups is 2. The van der Waals surface area contributed by atoms with Gasteiger partial charge in [0.05, 0.1) is 21.2 Å². The monoisotopic (exact) mass is 641 g/mol. The minimum absolute atomic E-state index is 0.0947. The van der Waals surface area contributed by atoms with Gasteiger partial charge >= 0.3 is 6.18 Å². The molecule has 7 nitrogen and oxygen atoms in total. The summed E-state index contributed by atoms with van der Waals surface area (Å²) >= 11 is 6.26. The third kappa shape index (κ3) is 8.70. The Morgan fingerprint density at radius 1 is 0.977 bits per heavy atom. The molecule has 0 aliphatic rings. The largest absolute Gasteiger partial charge is 0.416 e. The molecule has 3 aromatic carbocycles.